The minimum Gasteiger partial charge on any atom is -0.478 e. The highest BCUT2D eigenvalue weighted by Gasteiger charge is 2.12. The first-order valence-electron chi connectivity index (χ1n) is 6.00. The zero-order valence-electron chi connectivity index (χ0n) is 11.1. The number of urea groups is 1. The molecule has 0 spiro atoms. The number of rotatable bonds is 5. The lowest BCUT2D eigenvalue weighted by molar-refractivity contribution is 0.0696. The molecule has 0 saturated heterocycles. The van der Waals surface area contributed by atoms with Gasteiger partial charge in [-0.3, -0.25) is 0 Å². The molecule has 0 fully saturated rings. The number of carbonyl (C=O) groups is 2. The number of hydrogen-bond donors (Lipinski definition) is 2. The maximum atomic E-state index is 11.9. The van der Waals surface area contributed by atoms with Crippen molar-refractivity contribution >= 4 is 17.7 Å². The summed E-state index contributed by atoms with van der Waals surface area (Å²) in [5, 5.41) is 11.7. The van der Waals surface area contributed by atoms with Crippen LogP contribution in [0, 0.1) is 6.92 Å². The Morgan fingerprint density at radius 1 is 1.47 bits per heavy atom. The van der Waals surface area contributed by atoms with Gasteiger partial charge in [-0.25, -0.2) is 9.59 Å². The molecule has 0 atom stereocenters. The van der Waals surface area contributed by atoms with E-state index < -0.39 is 5.97 Å². The Morgan fingerprint density at radius 2 is 2.16 bits per heavy atom. The number of carbonyl (C=O) groups excluding carboxylic acids is 1. The summed E-state index contributed by atoms with van der Waals surface area (Å²) >= 11 is 0. The minimum atomic E-state index is -1.01. The SMILES string of the molecule is C=CCN(CC)C(=O)Nc1ccc(C)c(C(=O)O)c1. The van der Waals surface area contributed by atoms with E-state index in [4.69, 9.17) is 5.11 Å². The van der Waals surface area contributed by atoms with E-state index in [1.54, 1.807) is 30.0 Å². The van der Waals surface area contributed by atoms with Crippen molar-refractivity contribution in [2.24, 2.45) is 0 Å². The maximum Gasteiger partial charge on any atom is 0.336 e. The van der Waals surface area contributed by atoms with Crippen molar-refractivity contribution in [3.8, 4) is 0 Å². The molecule has 2 N–H and O–H groups in total. The second-order valence-corrected chi connectivity index (χ2v) is 4.09. The fourth-order valence-electron chi connectivity index (χ4n) is 1.64. The van der Waals surface area contributed by atoms with Crippen molar-refractivity contribution in [1.82, 2.24) is 4.90 Å². The number of hydrogen-bond acceptors (Lipinski definition) is 2. The molecule has 1 aromatic rings. The molecule has 5 heteroatoms. The van der Waals surface area contributed by atoms with Crippen LogP contribution in [0.15, 0.2) is 30.9 Å². The number of carboxylic acid groups (broad SMARTS) is 1. The molecule has 2 amide bonds. The zero-order chi connectivity index (χ0) is 14.4. The van der Waals surface area contributed by atoms with Crippen LogP contribution in [0.25, 0.3) is 0 Å². The first-order chi connectivity index (χ1) is 8.99. The van der Waals surface area contributed by atoms with Gasteiger partial charge >= 0.3 is 12.0 Å². The van der Waals surface area contributed by atoms with Gasteiger partial charge < -0.3 is 15.3 Å². The molecule has 0 bridgehead atoms. The number of anilines is 1. The van der Waals surface area contributed by atoms with E-state index in [2.05, 4.69) is 11.9 Å². The van der Waals surface area contributed by atoms with Crippen LogP contribution in [0.1, 0.15) is 22.8 Å². The summed E-state index contributed by atoms with van der Waals surface area (Å²) in [6.45, 7) is 8.16. The third-order valence-corrected chi connectivity index (χ3v) is 2.74. The topological polar surface area (TPSA) is 69.6 Å². The van der Waals surface area contributed by atoms with Crippen molar-refractivity contribution in [3.05, 3.63) is 42.0 Å². The van der Waals surface area contributed by atoms with Gasteiger partial charge in [0.2, 0.25) is 0 Å². The van der Waals surface area contributed by atoms with Gasteiger partial charge in [0.1, 0.15) is 0 Å². The lowest BCUT2D eigenvalue weighted by atomic mass is 10.1. The Morgan fingerprint density at radius 3 is 2.68 bits per heavy atom. The number of likely N-dealkylation sites (N-methyl/N-ethyl adjacent to an activating group) is 1. The van der Waals surface area contributed by atoms with Crippen LogP contribution in [0.5, 0.6) is 0 Å². The summed E-state index contributed by atoms with van der Waals surface area (Å²) < 4.78 is 0. The number of nitrogens with zero attached hydrogens (tertiary/aromatic N) is 1. The molecule has 1 aromatic carbocycles. The summed E-state index contributed by atoms with van der Waals surface area (Å²) in [6.07, 6.45) is 1.64. The Balaban J connectivity index is 2.87. The van der Waals surface area contributed by atoms with Crippen molar-refractivity contribution in [2.45, 2.75) is 13.8 Å². The number of amides is 2. The Hall–Kier alpha value is -2.30. The Kier molecular flexibility index (Phi) is 5.11. The second-order valence-electron chi connectivity index (χ2n) is 4.09. The third-order valence-electron chi connectivity index (χ3n) is 2.74. The lowest BCUT2D eigenvalue weighted by Crippen LogP contribution is -2.34. The highest BCUT2D eigenvalue weighted by molar-refractivity contribution is 5.94. The quantitative estimate of drug-likeness (QED) is 0.801. The van der Waals surface area contributed by atoms with E-state index in [9.17, 15) is 9.59 Å². The number of benzene rings is 1. The van der Waals surface area contributed by atoms with Crippen LogP contribution in [0.3, 0.4) is 0 Å². The molecule has 102 valence electrons. The van der Waals surface area contributed by atoms with Crippen LogP contribution in [0.2, 0.25) is 0 Å². The predicted molar refractivity (Wildman–Crippen MR) is 74.6 cm³/mol. The fourth-order valence-corrected chi connectivity index (χ4v) is 1.64. The smallest absolute Gasteiger partial charge is 0.336 e. The highest BCUT2D eigenvalue weighted by atomic mass is 16.4. The molecule has 5 nitrogen and oxygen atoms in total. The van der Waals surface area contributed by atoms with Crippen molar-refractivity contribution in [3.63, 3.8) is 0 Å². The molecule has 0 aliphatic rings. The number of carboxylic acids is 1. The standard InChI is InChI=1S/C14H18N2O3/c1-4-8-16(5-2)14(19)15-11-7-6-10(3)12(9-11)13(17)18/h4,6-7,9H,1,5,8H2,2-3H3,(H,15,19)(H,17,18). The van der Waals surface area contributed by atoms with Crippen LogP contribution in [-0.4, -0.2) is 35.1 Å². The molecule has 0 heterocycles. The third kappa shape index (κ3) is 3.84. The summed E-state index contributed by atoms with van der Waals surface area (Å²) in [6, 6.07) is 4.53. The number of aromatic carboxylic acids is 1. The van der Waals surface area contributed by atoms with Crippen molar-refractivity contribution < 1.29 is 14.7 Å². The van der Waals surface area contributed by atoms with Crippen LogP contribution < -0.4 is 5.32 Å². The van der Waals surface area contributed by atoms with E-state index in [1.807, 2.05) is 6.92 Å². The van der Waals surface area contributed by atoms with E-state index in [-0.39, 0.29) is 11.6 Å². The number of aryl methyl sites for hydroxylation is 1. The molecular formula is C14H18N2O3. The molecule has 19 heavy (non-hydrogen) atoms. The average molecular weight is 262 g/mol. The van der Waals surface area contributed by atoms with Crippen LogP contribution in [0.4, 0.5) is 10.5 Å². The zero-order valence-corrected chi connectivity index (χ0v) is 11.1. The first kappa shape index (κ1) is 14.8. The highest BCUT2D eigenvalue weighted by Crippen LogP contribution is 2.15. The molecule has 0 aromatic heterocycles. The molecule has 0 aliphatic heterocycles. The van der Waals surface area contributed by atoms with Crippen LogP contribution >= 0.6 is 0 Å². The molecule has 0 unspecified atom stereocenters. The molecule has 0 radical (unpaired) electrons. The molecule has 0 aliphatic carbocycles. The summed E-state index contributed by atoms with van der Waals surface area (Å²) in [5.41, 5.74) is 1.31. The normalized spacial score (nSPS) is 9.79. The fraction of sp³-hybridized carbons (Fsp3) is 0.286. The average Bonchev–Trinajstić information content (AvgIpc) is 2.37. The van der Waals surface area contributed by atoms with Gasteiger partial charge in [0.15, 0.2) is 0 Å². The molecule has 0 saturated carbocycles. The maximum absolute atomic E-state index is 11.9. The monoisotopic (exact) mass is 262 g/mol. The molecule has 1 rings (SSSR count). The van der Waals surface area contributed by atoms with Gasteiger partial charge in [-0.1, -0.05) is 12.1 Å². The minimum absolute atomic E-state index is 0.185. The van der Waals surface area contributed by atoms with Crippen molar-refractivity contribution in [1.29, 1.82) is 0 Å². The van der Waals surface area contributed by atoms with Gasteiger partial charge in [0.05, 0.1) is 5.56 Å². The predicted octanol–water partition coefficient (Wildman–Crippen LogP) is 2.73. The van der Waals surface area contributed by atoms with Gasteiger partial charge in [-0.15, -0.1) is 6.58 Å². The van der Waals surface area contributed by atoms with Gasteiger partial charge in [0.25, 0.3) is 0 Å². The summed E-state index contributed by atoms with van der Waals surface area (Å²) in [7, 11) is 0. The summed E-state index contributed by atoms with van der Waals surface area (Å²) in [4.78, 5) is 24.5. The first-order valence-corrected chi connectivity index (χ1v) is 6.00. The van der Waals surface area contributed by atoms with Gasteiger partial charge in [-0.05, 0) is 31.5 Å². The summed E-state index contributed by atoms with van der Waals surface area (Å²) in [5.74, 6) is -1.01. The number of nitrogens with one attached hydrogen (secondary N) is 1. The Labute approximate surface area is 112 Å². The van der Waals surface area contributed by atoms with Gasteiger partial charge in [-0.2, -0.15) is 0 Å². The largest absolute Gasteiger partial charge is 0.478 e. The lowest BCUT2D eigenvalue weighted by Gasteiger charge is -2.19. The van der Waals surface area contributed by atoms with E-state index in [0.717, 1.165) is 0 Å². The van der Waals surface area contributed by atoms with Gasteiger partial charge in [0, 0.05) is 18.8 Å². The Bertz CT molecular complexity index is 497. The van der Waals surface area contributed by atoms with E-state index in [1.165, 1.54) is 6.07 Å². The second kappa shape index (κ2) is 6.58. The van der Waals surface area contributed by atoms with Crippen LogP contribution in [-0.2, 0) is 0 Å². The molecular weight excluding hydrogens is 244 g/mol. The van der Waals surface area contributed by atoms with E-state index >= 15 is 0 Å². The van der Waals surface area contributed by atoms with E-state index in [0.29, 0.717) is 24.3 Å². The van der Waals surface area contributed by atoms with Crippen molar-refractivity contribution in [2.75, 3.05) is 18.4 Å².